The van der Waals surface area contributed by atoms with Crippen molar-refractivity contribution in [3.05, 3.63) is 193 Å². The molecule has 2 atom stereocenters. The lowest BCUT2D eigenvalue weighted by molar-refractivity contribution is -0.727. The molecule has 12 rings (SSSR count). The number of para-hydroxylation sites is 1. The quantitative estimate of drug-likeness (QED) is 0.158. The Morgan fingerprint density at radius 2 is 1.32 bits per heavy atom. The standard InChI is InChI=1S/C53H39N3/c1-33-14-6-7-17-39(33)37-24-26-49-44-31-45-47-29-38(35-15-4-3-5-16-35)28-46-42-20-10-11-22-50(42)56(53(46)47)51(45)30-36(44)23-25-43-40-18-8-9-19-41(40)48-21-12-13-27-54(48)52(43)34(2)55(49)32-37/h3-22,24,26-32,43,52H,2,23,25H2,1H3/q+2. The van der Waals surface area contributed by atoms with E-state index in [1.54, 1.807) is 0 Å². The zero-order valence-electron chi connectivity index (χ0n) is 31.3. The molecule has 0 saturated heterocycles. The molecule has 2 aliphatic rings. The first-order valence-electron chi connectivity index (χ1n) is 19.8. The molecule has 3 heteroatoms. The van der Waals surface area contributed by atoms with Crippen LogP contribution in [0.2, 0.25) is 0 Å². The van der Waals surface area contributed by atoms with Crippen LogP contribution in [0.4, 0.5) is 0 Å². The van der Waals surface area contributed by atoms with E-state index in [1.807, 2.05) is 0 Å². The van der Waals surface area contributed by atoms with E-state index < -0.39 is 0 Å². The SMILES string of the molecule is C=C1C2C(CCc3cc4c(cc3-c3ccc(-c5ccccc5C)c[n+]31)c1cc(-c3ccccc3)cc3c5ccccc5n4c31)c1ccccc1-c1cccc[n+]12. The summed E-state index contributed by atoms with van der Waals surface area (Å²) in [6.45, 7) is 7.24. The first kappa shape index (κ1) is 31.5. The molecule has 0 N–H and O–H groups in total. The highest BCUT2D eigenvalue weighted by atomic mass is 15.1. The molecule has 0 bridgehead atoms. The summed E-state index contributed by atoms with van der Waals surface area (Å²) in [5.41, 5.74) is 18.9. The highest BCUT2D eigenvalue weighted by Crippen LogP contribution is 2.47. The van der Waals surface area contributed by atoms with E-state index in [-0.39, 0.29) is 12.0 Å². The van der Waals surface area contributed by atoms with Gasteiger partial charge in [-0.3, -0.25) is 0 Å². The molecule has 10 aromatic rings. The summed E-state index contributed by atoms with van der Waals surface area (Å²) in [5.74, 6) is 0.241. The minimum atomic E-state index is 0.0419. The zero-order valence-corrected chi connectivity index (χ0v) is 31.3. The van der Waals surface area contributed by atoms with E-state index in [4.69, 9.17) is 6.58 Å². The number of nitrogens with zero attached hydrogens (tertiary/aromatic N) is 3. The van der Waals surface area contributed by atoms with Gasteiger partial charge in [-0.15, -0.1) is 0 Å². The molecule has 264 valence electrons. The van der Waals surface area contributed by atoms with Crippen LogP contribution in [-0.4, -0.2) is 4.40 Å². The van der Waals surface area contributed by atoms with Gasteiger partial charge in [-0.1, -0.05) is 91.0 Å². The van der Waals surface area contributed by atoms with Crippen LogP contribution >= 0.6 is 0 Å². The van der Waals surface area contributed by atoms with E-state index in [9.17, 15) is 0 Å². The maximum absolute atomic E-state index is 5.03. The maximum atomic E-state index is 5.03. The average molecular weight is 718 g/mol. The number of hydrogen-bond acceptors (Lipinski definition) is 0. The van der Waals surface area contributed by atoms with Crippen LogP contribution in [0.3, 0.4) is 0 Å². The molecule has 2 unspecified atom stereocenters. The third-order valence-electron chi connectivity index (χ3n) is 12.9. The number of hydrogen-bond donors (Lipinski definition) is 0. The summed E-state index contributed by atoms with van der Waals surface area (Å²) in [7, 11) is 0. The number of pyridine rings is 2. The molecule has 0 radical (unpaired) electrons. The van der Waals surface area contributed by atoms with Crippen molar-refractivity contribution in [3.63, 3.8) is 0 Å². The molecule has 0 aliphatic carbocycles. The molecule has 3 nitrogen and oxygen atoms in total. The number of fused-ring (bicyclic) bond motifs is 15. The molecule has 0 amide bonds. The van der Waals surface area contributed by atoms with Crippen LogP contribution in [0.5, 0.6) is 0 Å². The van der Waals surface area contributed by atoms with E-state index in [0.29, 0.717) is 0 Å². The number of allylic oxidation sites excluding steroid dienone is 1. The van der Waals surface area contributed by atoms with Gasteiger partial charge in [0.25, 0.3) is 0 Å². The summed E-state index contributed by atoms with van der Waals surface area (Å²) < 4.78 is 7.47. The van der Waals surface area contributed by atoms with Crippen LogP contribution in [0.1, 0.15) is 35.1 Å². The Balaban J connectivity index is 1.17. The van der Waals surface area contributed by atoms with Gasteiger partial charge in [-0.2, -0.15) is 9.13 Å². The van der Waals surface area contributed by atoms with Gasteiger partial charge < -0.3 is 4.40 Å². The fraction of sp³-hybridized carbons (Fsp3) is 0.0943. The van der Waals surface area contributed by atoms with E-state index in [2.05, 4.69) is 191 Å². The van der Waals surface area contributed by atoms with Crippen molar-refractivity contribution in [1.29, 1.82) is 0 Å². The lowest BCUT2D eigenvalue weighted by Crippen LogP contribution is -2.53. The molecule has 2 aliphatic heterocycles. The van der Waals surface area contributed by atoms with Crippen LogP contribution in [-0.2, 0) is 6.42 Å². The molecule has 0 fully saturated rings. The molecule has 6 aromatic carbocycles. The van der Waals surface area contributed by atoms with Crippen LogP contribution in [0.15, 0.2) is 177 Å². The molecule has 4 aromatic heterocycles. The van der Waals surface area contributed by atoms with Crippen molar-refractivity contribution in [1.82, 2.24) is 4.40 Å². The Hall–Kier alpha value is -6.84. The monoisotopic (exact) mass is 717 g/mol. The Bertz CT molecular complexity index is 3240. The number of benzene rings is 6. The van der Waals surface area contributed by atoms with E-state index in [1.165, 1.54) is 99.6 Å². The fourth-order valence-corrected chi connectivity index (χ4v) is 10.3. The highest BCUT2D eigenvalue weighted by Gasteiger charge is 2.46. The predicted octanol–water partition coefficient (Wildman–Crippen LogP) is 12.1. The molecular weight excluding hydrogens is 679 g/mol. The number of aromatic nitrogens is 3. The normalized spacial score (nSPS) is 16.2. The van der Waals surface area contributed by atoms with Gasteiger partial charge >= 0.3 is 0 Å². The van der Waals surface area contributed by atoms with Gasteiger partial charge in [0.1, 0.15) is 0 Å². The highest BCUT2D eigenvalue weighted by molar-refractivity contribution is 6.25. The van der Waals surface area contributed by atoms with E-state index in [0.717, 1.165) is 18.5 Å². The third kappa shape index (κ3) is 4.40. The smallest absolute Gasteiger partial charge is 0.249 e. The Kier molecular flexibility index (Phi) is 6.65. The lowest BCUT2D eigenvalue weighted by atomic mass is 9.78. The zero-order chi connectivity index (χ0) is 37.1. The second kappa shape index (κ2) is 11.8. The van der Waals surface area contributed by atoms with Gasteiger partial charge in [0, 0.05) is 50.9 Å². The Morgan fingerprint density at radius 1 is 0.571 bits per heavy atom. The molecule has 0 spiro atoms. The third-order valence-corrected chi connectivity index (χ3v) is 12.9. The van der Waals surface area contributed by atoms with Crippen molar-refractivity contribution in [2.75, 3.05) is 0 Å². The lowest BCUT2D eigenvalue weighted by Gasteiger charge is -2.29. The fourth-order valence-electron chi connectivity index (χ4n) is 10.3. The van der Waals surface area contributed by atoms with Crippen molar-refractivity contribution >= 4 is 43.8 Å². The van der Waals surface area contributed by atoms with Gasteiger partial charge in [-0.25, -0.2) is 0 Å². The number of aryl methyl sites for hydroxylation is 2. The summed E-state index contributed by atoms with van der Waals surface area (Å²) in [4.78, 5) is 0. The van der Waals surface area contributed by atoms with Crippen molar-refractivity contribution in [2.24, 2.45) is 0 Å². The van der Waals surface area contributed by atoms with Crippen molar-refractivity contribution in [2.45, 2.75) is 31.7 Å². The Labute approximate surface area is 326 Å². The van der Waals surface area contributed by atoms with Crippen molar-refractivity contribution in [3.8, 4) is 44.8 Å². The summed E-state index contributed by atoms with van der Waals surface area (Å²) in [6, 6.07) is 58.7. The van der Waals surface area contributed by atoms with Gasteiger partial charge in [-0.05, 0) is 108 Å². The van der Waals surface area contributed by atoms with Crippen LogP contribution in [0, 0.1) is 6.92 Å². The first-order valence-corrected chi connectivity index (χ1v) is 19.8. The maximum Gasteiger partial charge on any atom is 0.249 e. The second-order valence-corrected chi connectivity index (χ2v) is 15.8. The number of rotatable bonds is 2. The minimum absolute atomic E-state index is 0.0419. The topological polar surface area (TPSA) is 12.2 Å². The largest absolute Gasteiger partial charge is 0.308 e. The summed E-state index contributed by atoms with van der Waals surface area (Å²) in [5, 5.41) is 5.19. The van der Waals surface area contributed by atoms with Crippen LogP contribution in [0.25, 0.3) is 88.6 Å². The molecule has 0 saturated carbocycles. The van der Waals surface area contributed by atoms with Crippen molar-refractivity contribution < 1.29 is 9.13 Å². The first-order chi connectivity index (χ1) is 27.6. The van der Waals surface area contributed by atoms with Gasteiger partial charge in [0.15, 0.2) is 12.4 Å². The van der Waals surface area contributed by atoms with Gasteiger partial charge in [0.05, 0.1) is 28.0 Å². The summed E-state index contributed by atoms with van der Waals surface area (Å²) >= 11 is 0. The van der Waals surface area contributed by atoms with E-state index >= 15 is 0 Å². The second-order valence-electron chi connectivity index (χ2n) is 15.8. The Morgan fingerprint density at radius 3 is 2.20 bits per heavy atom. The molecule has 6 heterocycles. The summed E-state index contributed by atoms with van der Waals surface area (Å²) in [6.07, 6.45) is 6.57. The predicted molar refractivity (Wildman–Crippen MR) is 230 cm³/mol. The average Bonchev–Trinajstić information content (AvgIpc) is 3.77. The van der Waals surface area contributed by atoms with Crippen LogP contribution < -0.4 is 9.13 Å². The molecule has 56 heavy (non-hydrogen) atoms. The molecular formula is C53H39N3+2. The minimum Gasteiger partial charge on any atom is -0.308 e. The van der Waals surface area contributed by atoms with Gasteiger partial charge in [0.2, 0.25) is 23.1 Å².